The molecule has 0 aromatic heterocycles. The lowest BCUT2D eigenvalue weighted by molar-refractivity contribution is -0.385. The van der Waals surface area contributed by atoms with Crippen molar-refractivity contribution in [1.82, 2.24) is 4.90 Å². The minimum Gasteiger partial charge on any atom is -0.306 e. The van der Waals surface area contributed by atoms with Crippen LogP contribution in [0.15, 0.2) is 36.4 Å². The van der Waals surface area contributed by atoms with Crippen LogP contribution >= 0.6 is 0 Å². The van der Waals surface area contributed by atoms with Crippen molar-refractivity contribution in [3.63, 3.8) is 0 Å². The molecule has 2 aromatic carbocycles. The van der Waals surface area contributed by atoms with E-state index in [0.717, 1.165) is 29.5 Å². The predicted octanol–water partition coefficient (Wildman–Crippen LogP) is 2.89. The fraction of sp³-hybridized carbons (Fsp3) is 0.350. The highest BCUT2D eigenvalue weighted by molar-refractivity contribution is 5.88. The van der Waals surface area contributed by atoms with Gasteiger partial charge in [0.15, 0.2) is 0 Å². The van der Waals surface area contributed by atoms with E-state index in [1.165, 1.54) is 17.7 Å². The normalized spacial score (nSPS) is 17.0. The molecule has 0 amide bonds. The number of nitro benzene ring substituents is 2. The van der Waals surface area contributed by atoms with Crippen molar-refractivity contribution < 1.29 is 14.6 Å². The van der Waals surface area contributed by atoms with Gasteiger partial charge in [0.1, 0.15) is 5.78 Å². The van der Waals surface area contributed by atoms with E-state index < -0.39 is 4.92 Å². The van der Waals surface area contributed by atoms with Crippen molar-refractivity contribution in [1.29, 1.82) is 0 Å². The number of Topliss-reactive ketones (excluding diaryl/α,β-unsaturated/α-hetero) is 1. The maximum atomic E-state index is 11.0. The molecule has 0 heterocycles. The van der Waals surface area contributed by atoms with Crippen LogP contribution in [-0.2, 0) is 30.5 Å². The molecule has 8 heteroatoms. The molecule has 146 valence electrons. The highest BCUT2D eigenvalue weighted by Crippen LogP contribution is 2.28. The van der Waals surface area contributed by atoms with Crippen LogP contribution in [0.2, 0.25) is 0 Å². The average Bonchev–Trinajstić information content (AvgIpc) is 3.22. The molecule has 1 atom stereocenters. The van der Waals surface area contributed by atoms with Crippen LogP contribution in [0.25, 0.3) is 0 Å². The Bertz CT molecular complexity index is 955. The standard InChI is InChI=1S/C11H14N2O2.C9H7NO3/c1-12(2)11-5-8-3-4-10(13(14)15)6-9(8)7-11;11-9-4-6-1-2-8(10(12)13)3-7(6)5-9/h3-4,6,11H,5,7H2,1-2H3;1-3H,4-5H2. The van der Waals surface area contributed by atoms with E-state index in [-0.39, 0.29) is 22.1 Å². The first-order chi connectivity index (χ1) is 13.2. The van der Waals surface area contributed by atoms with Gasteiger partial charge >= 0.3 is 0 Å². The average molecular weight is 383 g/mol. The van der Waals surface area contributed by atoms with Gasteiger partial charge in [-0.05, 0) is 49.2 Å². The molecule has 0 fully saturated rings. The minimum absolute atomic E-state index is 0.0634. The van der Waals surface area contributed by atoms with Gasteiger partial charge in [-0.25, -0.2) is 0 Å². The number of hydrogen-bond acceptors (Lipinski definition) is 6. The molecule has 0 aliphatic heterocycles. The maximum Gasteiger partial charge on any atom is 0.269 e. The molecular formula is C20H21N3O5. The monoisotopic (exact) mass is 383 g/mol. The molecule has 4 rings (SSSR count). The van der Waals surface area contributed by atoms with Crippen molar-refractivity contribution >= 4 is 17.2 Å². The summed E-state index contributed by atoms with van der Waals surface area (Å²) in [5.41, 5.74) is 4.37. The second-order valence-electron chi connectivity index (χ2n) is 7.34. The van der Waals surface area contributed by atoms with E-state index in [9.17, 15) is 25.0 Å². The number of ketones is 1. The molecule has 0 N–H and O–H groups in total. The molecule has 0 saturated heterocycles. The number of nitro groups is 2. The summed E-state index contributed by atoms with van der Waals surface area (Å²) in [5.74, 6) is 0.135. The fourth-order valence-electron chi connectivity index (χ4n) is 3.61. The third-order valence-corrected chi connectivity index (χ3v) is 5.22. The van der Waals surface area contributed by atoms with Gasteiger partial charge in [0.25, 0.3) is 11.4 Å². The van der Waals surface area contributed by atoms with Gasteiger partial charge in [0.05, 0.1) is 9.85 Å². The summed E-state index contributed by atoms with van der Waals surface area (Å²) < 4.78 is 0. The first-order valence-corrected chi connectivity index (χ1v) is 8.95. The third kappa shape index (κ3) is 4.23. The Morgan fingerprint density at radius 3 is 1.89 bits per heavy atom. The Morgan fingerprint density at radius 2 is 1.32 bits per heavy atom. The summed E-state index contributed by atoms with van der Waals surface area (Å²) in [7, 11) is 4.09. The molecule has 0 spiro atoms. The number of hydrogen-bond donors (Lipinski definition) is 0. The SMILES string of the molecule is CN(C)C1Cc2ccc([N+](=O)[O-])cc2C1.O=C1Cc2ccc([N+](=O)[O-])cc2C1. The van der Waals surface area contributed by atoms with E-state index in [2.05, 4.69) is 4.90 Å². The van der Waals surface area contributed by atoms with Gasteiger partial charge in [0.2, 0.25) is 0 Å². The molecule has 0 radical (unpaired) electrons. The quantitative estimate of drug-likeness (QED) is 0.596. The van der Waals surface area contributed by atoms with Crippen LogP contribution in [0, 0.1) is 20.2 Å². The molecule has 28 heavy (non-hydrogen) atoms. The van der Waals surface area contributed by atoms with E-state index in [1.54, 1.807) is 18.2 Å². The second kappa shape index (κ2) is 7.85. The highest BCUT2D eigenvalue weighted by atomic mass is 16.6. The molecule has 2 aliphatic carbocycles. The van der Waals surface area contributed by atoms with Crippen LogP contribution in [0.3, 0.4) is 0 Å². The summed E-state index contributed by atoms with van der Waals surface area (Å²) >= 11 is 0. The van der Waals surface area contributed by atoms with Crippen LogP contribution < -0.4 is 0 Å². The molecule has 2 aromatic rings. The van der Waals surface area contributed by atoms with E-state index in [4.69, 9.17) is 0 Å². The zero-order chi connectivity index (χ0) is 20.4. The Labute approximate surface area is 162 Å². The zero-order valence-corrected chi connectivity index (χ0v) is 15.8. The molecular weight excluding hydrogens is 362 g/mol. The van der Waals surface area contributed by atoms with Gasteiger partial charge < -0.3 is 4.90 Å². The summed E-state index contributed by atoms with van der Waals surface area (Å²) in [5, 5.41) is 21.0. The van der Waals surface area contributed by atoms with E-state index >= 15 is 0 Å². The summed E-state index contributed by atoms with van der Waals surface area (Å²) in [4.78, 5) is 33.4. The lowest BCUT2D eigenvalue weighted by Crippen LogP contribution is -2.27. The first-order valence-electron chi connectivity index (χ1n) is 8.95. The maximum absolute atomic E-state index is 11.0. The number of nitrogens with zero attached hydrogens (tertiary/aromatic N) is 3. The number of likely N-dealkylation sites (N-methyl/N-ethyl adjacent to an activating group) is 1. The lowest BCUT2D eigenvalue weighted by atomic mass is 10.1. The van der Waals surface area contributed by atoms with E-state index in [0.29, 0.717) is 18.9 Å². The van der Waals surface area contributed by atoms with Gasteiger partial charge in [-0.1, -0.05) is 12.1 Å². The fourth-order valence-corrected chi connectivity index (χ4v) is 3.61. The number of fused-ring (bicyclic) bond motifs is 2. The largest absolute Gasteiger partial charge is 0.306 e. The summed E-state index contributed by atoms with van der Waals surface area (Å²) in [6.07, 6.45) is 2.69. The number of rotatable bonds is 3. The van der Waals surface area contributed by atoms with Crippen LogP contribution in [0.1, 0.15) is 22.3 Å². The predicted molar refractivity (Wildman–Crippen MR) is 103 cm³/mol. The van der Waals surface area contributed by atoms with E-state index in [1.807, 2.05) is 20.2 Å². The molecule has 8 nitrogen and oxygen atoms in total. The summed E-state index contributed by atoms with van der Waals surface area (Å²) in [6.45, 7) is 0. The number of non-ortho nitro benzene ring substituents is 2. The van der Waals surface area contributed by atoms with Crippen LogP contribution in [0.4, 0.5) is 11.4 Å². The van der Waals surface area contributed by atoms with Gasteiger partial charge in [-0.3, -0.25) is 25.0 Å². The number of carbonyl (C=O) groups excluding carboxylic acids is 1. The molecule has 0 saturated carbocycles. The van der Waals surface area contributed by atoms with Crippen LogP contribution in [0.5, 0.6) is 0 Å². The molecule has 0 bridgehead atoms. The number of benzene rings is 2. The minimum atomic E-state index is -0.441. The Balaban J connectivity index is 0.000000162. The number of carbonyl (C=O) groups is 1. The Kier molecular flexibility index (Phi) is 5.51. The smallest absolute Gasteiger partial charge is 0.269 e. The van der Waals surface area contributed by atoms with Crippen molar-refractivity contribution in [2.45, 2.75) is 31.7 Å². The zero-order valence-electron chi connectivity index (χ0n) is 15.8. The Morgan fingerprint density at radius 1 is 0.821 bits per heavy atom. The Hall–Kier alpha value is -3.13. The van der Waals surface area contributed by atoms with Crippen molar-refractivity contribution in [3.05, 3.63) is 78.9 Å². The lowest BCUT2D eigenvalue weighted by Gasteiger charge is -2.17. The van der Waals surface area contributed by atoms with Gasteiger partial charge in [-0.15, -0.1) is 0 Å². The van der Waals surface area contributed by atoms with Gasteiger partial charge in [-0.2, -0.15) is 0 Å². The topological polar surface area (TPSA) is 107 Å². The second-order valence-corrected chi connectivity index (χ2v) is 7.34. The molecule has 2 aliphatic rings. The van der Waals surface area contributed by atoms with Crippen molar-refractivity contribution in [2.24, 2.45) is 0 Å². The third-order valence-electron chi connectivity index (χ3n) is 5.22. The molecule has 1 unspecified atom stereocenters. The van der Waals surface area contributed by atoms with Gasteiger partial charge in [0, 0.05) is 43.1 Å². The highest BCUT2D eigenvalue weighted by Gasteiger charge is 2.24. The van der Waals surface area contributed by atoms with Crippen LogP contribution in [-0.4, -0.2) is 40.7 Å². The van der Waals surface area contributed by atoms with Crippen molar-refractivity contribution in [3.8, 4) is 0 Å². The summed E-state index contributed by atoms with van der Waals surface area (Å²) in [6, 6.07) is 10.3. The first kappa shape index (κ1) is 19.6. The van der Waals surface area contributed by atoms with Crippen molar-refractivity contribution in [2.75, 3.05) is 14.1 Å².